The molecule has 0 radical (unpaired) electrons. The first-order valence-electron chi connectivity index (χ1n) is 16.9. The summed E-state index contributed by atoms with van der Waals surface area (Å²) >= 11 is 0. The number of carbonyl (C=O) groups is 1. The third kappa shape index (κ3) is 6.45. The molecule has 0 atom stereocenters. The number of aryl methyl sites for hydroxylation is 1. The van der Waals surface area contributed by atoms with Gasteiger partial charge in [0.1, 0.15) is 17.3 Å². The predicted octanol–water partition coefficient (Wildman–Crippen LogP) is 6.11. The lowest BCUT2D eigenvalue weighted by molar-refractivity contribution is -0.137. The van der Waals surface area contributed by atoms with E-state index in [-0.39, 0.29) is 28.0 Å². The van der Waals surface area contributed by atoms with Crippen molar-refractivity contribution in [1.29, 1.82) is 0 Å². The molecule has 1 fully saturated rings. The zero-order valence-corrected chi connectivity index (χ0v) is 29.4. The Hall–Kier alpha value is -5.16. The number of benzene rings is 2. The van der Waals surface area contributed by atoms with Crippen LogP contribution < -0.4 is 16.4 Å². The molecule has 1 saturated heterocycles. The van der Waals surface area contributed by atoms with Crippen LogP contribution in [0.15, 0.2) is 76.7 Å². The Kier molecular flexibility index (Phi) is 9.21. The number of halogens is 1. The van der Waals surface area contributed by atoms with E-state index >= 15 is 4.39 Å². The van der Waals surface area contributed by atoms with Crippen LogP contribution >= 0.6 is 0 Å². The van der Waals surface area contributed by atoms with Crippen LogP contribution in [0, 0.1) is 5.82 Å². The van der Waals surface area contributed by atoms with Gasteiger partial charge in [-0.25, -0.2) is 9.37 Å². The van der Waals surface area contributed by atoms with Gasteiger partial charge in [-0.2, -0.15) is 9.78 Å². The Labute approximate surface area is 290 Å². The number of rotatable bonds is 7. The number of nitrogens with zero attached hydrogens (tertiary/aromatic N) is 5. The number of carbonyl (C=O) groups excluding carboxylic acids is 1. The van der Waals surface area contributed by atoms with Crippen molar-refractivity contribution in [3.8, 4) is 16.8 Å². The molecule has 2 aromatic carbocycles. The highest BCUT2D eigenvalue weighted by Crippen LogP contribution is 2.32. The van der Waals surface area contributed by atoms with Gasteiger partial charge in [-0.3, -0.25) is 14.4 Å². The fraction of sp³-hybridized carbons (Fsp3) is 0.359. The van der Waals surface area contributed by atoms with Crippen molar-refractivity contribution in [2.24, 2.45) is 7.05 Å². The van der Waals surface area contributed by atoms with E-state index in [0.29, 0.717) is 33.6 Å². The van der Waals surface area contributed by atoms with E-state index in [1.807, 2.05) is 45.6 Å². The zero-order chi connectivity index (χ0) is 36.0. The van der Waals surface area contributed by atoms with Gasteiger partial charge < -0.3 is 19.9 Å². The molecular weight excluding hydrogens is 635 g/mol. The lowest BCUT2D eigenvalue weighted by Crippen LogP contribution is -2.45. The number of aliphatic hydroxyl groups excluding tert-OH is 1. The summed E-state index contributed by atoms with van der Waals surface area (Å²) in [6.07, 6.45) is 7.92. The summed E-state index contributed by atoms with van der Waals surface area (Å²) in [6.45, 7) is 10.8. The predicted molar refractivity (Wildman–Crippen MR) is 194 cm³/mol. The van der Waals surface area contributed by atoms with Crippen molar-refractivity contribution in [1.82, 2.24) is 24.2 Å². The Morgan fingerprint density at radius 1 is 0.940 bits per heavy atom. The molecule has 0 saturated carbocycles. The lowest BCUT2D eigenvalue weighted by atomic mass is 9.83. The number of piperidine rings is 1. The summed E-state index contributed by atoms with van der Waals surface area (Å²) in [7, 11) is 1.62. The minimum Gasteiger partial charge on any atom is -0.392 e. The maximum Gasteiger partial charge on any atom is 0.282 e. The topological polar surface area (TPSA) is 122 Å². The first-order chi connectivity index (χ1) is 23.7. The van der Waals surface area contributed by atoms with Crippen molar-refractivity contribution in [2.75, 3.05) is 18.4 Å². The van der Waals surface area contributed by atoms with Crippen LogP contribution in [0.3, 0.4) is 0 Å². The van der Waals surface area contributed by atoms with Crippen LogP contribution in [-0.2, 0) is 29.3 Å². The van der Waals surface area contributed by atoms with Gasteiger partial charge in [0.25, 0.3) is 11.1 Å². The third-order valence-electron chi connectivity index (χ3n) is 9.66. The number of anilines is 2. The number of likely N-dealkylation sites (tertiary alicyclic amines) is 1. The number of pyridine rings is 2. The first-order valence-corrected chi connectivity index (χ1v) is 16.9. The zero-order valence-electron chi connectivity index (χ0n) is 29.4. The van der Waals surface area contributed by atoms with E-state index in [0.717, 1.165) is 48.2 Å². The average molecular weight is 679 g/mol. The fourth-order valence-corrected chi connectivity index (χ4v) is 6.59. The molecule has 1 aliphatic rings. The van der Waals surface area contributed by atoms with Crippen LogP contribution in [0.2, 0.25) is 0 Å². The van der Waals surface area contributed by atoms with Gasteiger partial charge in [0.15, 0.2) is 0 Å². The summed E-state index contributed by atoms with van der Waals surface area (Å²) in [4.78, 5) is 46.7. The van der Waals surface area contributed by atoms with Crippen LogP contribution in [0.5, 0.6) is 0 Å². The van der Waals surface area contributed by atoms with E-state index in [1.54, 1.807) is 55.8 Å². The molecule has 50 heavy (non-hydrogen) atoms. The number of aliphatic hydroxyl groups is 1. The van der Waals surface area contributed by atoms with Crippen molar-refractivity contribution >= 4 is 28.2 Å². The summed E-state index contributed by atoms with van der Waals surface area (Å²) in [5.41, 5.74) is 1.53. The number of aromatic nitrogens is 4. The number of nitrogens with one attached hydrogen (secondary N) is 1. The van der Waals surface area contributed by atoms with Gasteiger partial charge in [-0.15, -0.1) is 0 Å². The molecule has 260 valence electrons. The van der Waals surface area contributed by atoms with Crippen molar-refractivity contribution in [3.05, 3.63) is 110 Å². The Morgan fingerprint density at radius 2 is 1.68 bits per heavy atom. The Morgan fingerprint density at radius 3 is 2.34 bits per heavy atom. The van der Waals surface area contributed by atoms with Gasteiger partial charge in [-0.1, -0.05) is 39.0 Å². The Balaban J connectivity index is 1.34. The number of hydrogen-bond donors (Lipinski definition) is 2. The number of hydrogen-bond acceptors (Lipinski definition) is 7. The second-order valence-corrected chi connectivity index (χ2v) is 14.6. The largest absolute Gasteiger partial charge is 0.392 e. The van der Waals surface area contributed by atoms with Crippen molar-refractivity contribution in [3.63, 3.8) is 0 Å². The molecule has 3 aromatic heterocycles. The smallest absolute Gasteiger partial charge is 0.282 e. The maximum absolute atomic E-state index is 15.4. The highest BCUT2D eigenvalue weighted by molar-refractivity contribution is 5.87. The van der Waals surface area contributed by atoms with E-state index in [9.17, 15) is 19.5 Å². The minimum absolute atomic E-state index is 0.0733. The van der Waals surface area contributed by atoms with Gasteiger partial charge in [-0.05, 0) is 85.5 Å². The van der Waals surface area contributed by atoms with Gasteiger partial charge in [0.05, 0.1) is 29.3 Å². The monoisotopic (exact) mass is 678 g/mol. The van der Waals surface area contributed by atoms with Gasteiger partial charge >= 0.3 is 0 Å². The first kappa shape index (κ1) is 34.7. The third-order valence-corrected chi connectivity index (χ3v) is 9.66. The molecule has 10 nitrogen and oxygen atoms in total. The van der Waals surface area contributed by atoms with E-state index in [1.165, 1.54) is 16.8 Å². The molecule has 0 spiro atoms. The molecule has 4 heterocycles. The summed E-state index contributed by atoms with van der Waals surface area (Å²) in [5.74, 6) is -0.143. The number of amides is 1. The SMILES string of the molecule is Cn1cc(-c2cccc(-n3ncc4cc(C(C)(C)C)cc(F)c4c3=O)c2CO)cc(Nc2ccc(C(C)(C)C(=O)N3CCCCC3)cn2)c1=O. The average Bonchev–Trinajstić information content (AvgIpc) is 3.09. The van der Waals surface area contributed by atoms with Crippen molar-refractivity contribution < 1.29 is 14.3 Å². The molecule has 0 aliphatic carbocycles. The van der Waals surface area contributed by atoms with Gasteiger partial charge in [0, 0.05) is 49.0 Å². The van der Waals surface area contributed by atoms with Crippen LogP contribution in [0.4, 0.5) is 15.9 Å². The fourth-order valence-electron chi connectivity index (χ4n) is 6.59. The molecule has 6 rings (SSSR count). The summed E-state index contributed by atoms with van der Waals surface area (Å²) in [5, 5.41) is 18.4. The van der Waals surface area contributed by atoms with Gasteiger partial charge in [0.2, 0.25) is 5.91 Å². The molecule has 1 aliphatic heterocycles. The van der Waals surface area contributed by atoms with Crippen LogP contribution in [-0.4, -0.2) is 48.3 Å². The molecule has 11 heteroatoms. The summed E-state index contributed by atoms with van der Waals surface area (Å²) < 4.78 is 17.9. The van der Waals surface area contributed by atoms with E-state index < -0.39 is 23.4 Å². The molecular formula is C39H43FN6O4. The normalized spacial score (nSPS) is 13.9. The van der Waals surface area contributed by atoms with E-state index in [2.05, 4.69) is 15.4 Å². The summed E-state index contributed by atoms with van der Waals surface area (Å²) in [6, 6.07) is 13.5. The number of fused-ring (bicyclic) bond motifs is 1. The maximum atomic E-state index is 15.4. The Bertz CT molecular complexity index is 2210. The molecule has 2 N–H and O–H groups in total. The highest BCUT2D eigenvalue weighted by atomic mass is 19.1. The standard InChI is InChI=1S/C39H43FN6O4/c1-38(2,3)27-17-24-20-42-46(36(49)34(24)30(40)19-27)32-12-10-11-28(29(32)23-47)25-18-31(35(48)44(6)22-25)43-33-14-13-26(21-41-33)39(4,5)37(50)45-15-8-7-9-16-45/h10-14,17-22,47H,7-9,15-16,23H2,1-6H3,(H,41,43). The van der Waals surface area contributed by atoms with Crippen molar-refractivity contribution in [2.45, 2.75) is 71.3 Å². The molecule has 0 unspecified atom stereocenters. The molecule has 5 aromatic rings. The van der Waals surface area contributed by atoms with Crippen LogP contribution in [0.25, 0.3) is 27.6 Å². The molecule has 0 bridgehead atoms. The second-order valence-electron chi connectivity index (χ2n) is 14.6. The molecule has 1 amide bonds. The highest BCUT2D eigenvalue weighted by Gasteiger charge is 2.34. The van der Waals surface area contributed by atoms with Crippen LogP contribution in [0.1, 0.15) is 70.6 Å². The lowest BCUT2D eigenvalue weighted by Gasteiger charge is -2.34. The quantitative estimate of drug-likeness (QED) is 0.213. The van der Waals surface area contributed by atoms with E-state index in [4.69, 9.17) is 0 Å². The second kappa shape index (κ2) is 13.3. The minimum atomic E-state index is -0.756.